The Balaban J connectivity index is 1.28. The van der Waals surface area contributed by atoms with Crippen molar-refractivity contribution >= 4 is 11.7 Å². The second-order valence-corrected chi connectivity index (χ2v) is 9.92. The molecule has 3 fully saturated rings. The predicted molar refractivity (Wildman–Crippen MR) is 117 cm³/mol. The molecule has 5 heteroatoms. The molecule has 0 unspecified atom stereocenters. The predicted octanol–water partition coefficient (Wildman–Crippen LogP) is 3.09. The summed E-state index contributed by atoms with van der Waals surface area (Å²) in [6.07, 6.45) is 4.59. The fraction of sp³-hybridized carbons (Fsp3) is 0.640. The van der Waals surface area contributed by atoms with Crippen molar-refractivity contribution in [1.29, 1.82) is 0 Å². The second kappa shape index (κ2) is 7.69. The molecular weight excluding hydrogens is 376 g/mol. The molecule has 1 aromatic rings. The molecule has 0 bridgehead atoms. The summed E-state index contributed by atoms with van der Waals surface area (Å²) < 4.78 is 5.83. The maximum atomic E-state index is 12.8. The summed E-state index contributed by atoms with van der Waals surface area (Å²) in [6, 6.07) is 10.5. The molecule has 2 aliphatic heterocycles. The Morgan fingerprint density at radius 2 is 1.90 bits per heavy atom. The highest BCUT2D eigenvalue weighted by molar-refractivity contribution is 5.76. The number of allylic oxidation sites excluding steroid dienone is 1. The van der Waals surface area contributed by atoms with Gasteiger partial charge in [0, 0.05) is 56.2 Å². The van der Waals surface area contributed by atoms with Crippen molar-refractivity contribution in [3.8, 4) is 0 Å². The number of carbonyl (C=O) groups excluding carboxylic acids is 1. The van der Waals surface area contributed by atoms with Gasteiger partial charge in [-0.05, 0) is 30.9 Å². The number of rotatable bonds is 3. The Hall–Kier alpha value is -1.85. The van der Waals surface area contributed by atoms with Crippen molar-refractivity contribution in [3.63, 3.8) is 0 Å². The van der Waals surface area contributed by atoms with Crippen molar-refractivity contribution in [2.75, 3.05) is 37.6 Å². The maximum absolute atomic E-state index is 12.8. The van der Waals surface area contributed by atoms with Crippen LogP contribution in [-0.4, -0.2) is 60.9 Å². The van der Waals surface area contributed by atoms with E-state index in [9.17, 15) is 9.90 Å². The molecule has 1 N–H and O–H groups in total. The number of hydrogen-bond donors (Lipinski definition) is 1. The summed E-state index contributed by atoms with van der Waals surface area (Å²) in [5.41, 5.74) is 2.34. The van der Waals surface area contributed by atoms with E-state index >= 15 is 0 Å². The van der Waals surface area contributed by atoms with E-state index in [1.807, 2.05) is 6.07 Å². The van der Waals surface area contributed by atoms with Crippen LogP contribution in [0.2, 0.25) is 0 Å². The first-order valence-corrected chi connectivity index (χ1v) is 11.6. The molecule has 0 aromatic heterocycles. The van der Waals surface area contributed by atoms with Gasteiger partial charge in [-0.25, -0.2) is 0 Å². The number of aliphatic hydroxyl groups is 1. The smallest absolute Gasteiger partial charge is 0.311 e. The lowest BCUT2D eigenvalue weighted by Gasteiger charge is -2.52. The molecule has 1 aromatic carbocycles. The molecule has 162 valence electrons. The van der Waals surface area contributed by atoms with E-state index in [0.29, 0.717) is 12.5 Å². The number of piperazine rings is 1. The van der Waals surface area contributed by atoms with E-state index in [2.05, 4.69) is 54.0 Å². The monoisotopic (exact) mass is 410 g/mol. The molecular formula is C25H34N2O3. The van der Waals surface area contributed by atoms with Crippen molar-refractivity contribution in [2.24, 2.45) is 23.2 Å². The molecule has 0 amide bonds. The van der Waals surface area contributed by atoms with Gasteiger partial charge in [0.25, 0.3) is 0 Å². The number of ether oxygens (including phenoxy) is 1. The van der Waals surface area contributed by atoms with Crippen molar-refractivity contribution < 1.29 is 14.6 Å². The van der Waals surface area contributed by atoms with Gasteiger partial charge in [0.1, 0.15) is 6.10 Å². The lowest BCUT2D eigenvalue weighted by Crippen LogP contribution is -2.55. The molecule has 0 spiro atoms. The molecule has 30 heavy (non-hydrogen) atoms. The Morgan fingerprint density at radius 1 is 1.17 bits per heavy atom. The third-order valence-corrected chi connectivity index (χ3v) is 8.52. The van der Waals surface area contributed by atoms with Crippen LogP contribution in [0.3, 0.4) is 0 Å². The summed E-state index contributed by atoms with van der Waals surface area (Å²) in [5, 5.41) is 11.5. The molecule has 5 rings (SSSR count). The van der Waals surface area contributed by atoms with Gasteiger partial charge in [0.05, 0.1) is 12.0 Å². The third kappa shape index (κ3) is 3.18. The summed E-state index contributed by atoms with van der Waals surface area (Å²) in [4.78, 5) is 17.6. The van der Waals surface area contributed by atoms with E-state index < -0.39 is 6.10 Å². The van der Waals surface area contributed by atoms with Crippen LogP contribution >= 0.6 is 0 Å². The number of hydrogen-bond acceptors (Lipinski definition) is 5. The average molecular weight is 411 g/mol. The topological polar surface area (TPSA) is 53.0 Å². The number of esters is 1. The van der Waals surface area contributed by atoms with Crippen molar-refractivity contribution in [3.05, 3.63) is 42.0 Å². The van der Waals surface area contributed by atoms with E-state index in [0.717, 1.165) is 45.4 Å². The summed E-state index contributed by atoms with van der Waals surface area (Å²) in [7, 11) is 0. The van der Waals surface area contributed by atoms with Gasteiger partial charge in [0.15, 0.2) is 0 Å². The minimum absolute atomic E-state index is 0.0904. The number of para-hydroxylation sites is 1. The molecule has 4 aliphatic rings. The van der Waals surface area contributed by atoms with E-state index in [4.69, 9.17) is 4.74 Å². The number of fused-ring (bicyclic) bond motifs is 2. The highest BCUT2D eigenvalue weighted by atomic mass is 16.6. The fourth-order valence-electron chi connectivity index (χ4n) is 6.38. The fourth-order valence-corrected chi connectivity index (χ4v) is 6.38. The Kier molecular flexibility index (Phi) is 5.14. The van der Waals surface area contributed by atoms with Crippen LogP contribution < -0.4 is 4.90 Å². The molecule has 2 heterocycles. The largest absolute Gasteiger partial charge is 0.461 e. The number of nitrogens with zero attached hydrogens (tertiary/aromatic N) is 2. The first-order chi connectivity index (χ1) is 14.5. The van der Waals surface area contributed by atoms with Crippen molar-refractivity contribution in [2.45, 2.75) is 45.3 Å². The zero-order chi connectivity index (χ0) is 20.9. The van der Waals surface area contributed by atoms with Crippen molar-refractivity contribution in [1.82, 2.24) is 4.90 Å². The Bertz CT molecular complexity index is 817. The van der Waals surface area contributed by atoms with Gasteiger partial charge < -0.3 is 14.7 Å². The van der Waals surface area contributed by atoms with Gasteiger partial charge in [0.2, 0.25) is 0 Å². The zero-order valence-electron chi connectivity index (χ0n) is 18.2. The Labute approximate surface area is 179 Å². The van der Waals surface area contributed by atoms with Gasteiger partial charge >= 0.3 is 5.97 Å². The highest BCUT2D eigenvalue weighted by Crippen LogP contribution is 2.56. The summed E-state index contributed by atoms with van der Waals surface area (Å²) >= 11 is 0. The summed E-state index contributed by atoms with van der Waals surface area (Å²) in [5.74, 6) is 0.0115. The van der Waals surface area contributed by atoms with Gasteiger partial charge in [-0.2, -0.15) is 0 Å². The van der Waals surface area contributed by atoms with E-state index in [-0.39, 0.29) is 29.3 Å². The minimum atomic E-state index is -0.514. The van der Waals surface area contributed by atoms with E-state index in [1.54, 1.807) is 0 Å². The molecule has 0 radical (unpaired) electrons. The lowest BCUT2D eigenvalue weighted by molar-refractivity contribution is -0.145. The standard InChI is InChI=1S/C25H34N2O3/c1-17-7-6-8-18-15-21-22(23(28)25(17,18)2)20(24(29)30-21)16-26-11-13-27(14-12-26)19-9-4-3-5-10-19/h3-5,8-10,17,20-23,28H,6-7,11-16H2,1-2H3/t17-,20-,21+,22+,23+,25+/m0/s1. The van der Waals surface area contributed by atoms with Gasteiger partial charge in [-0.15, -0.1) is 0 Å². The summed E-state index contributed by atoms with van der Waals surface area (Å²) in [6.45, 7) is 8.96. The van der Waals surface area contributed by atoms with Crippen LogP contribution in [0.4, 0.5) is 5.69 Å². The lowest BCUT2D eigenvalue weighted by atomic mass is 9.55. The number of aliphatic hydroxyl groups excluding tert-OH is 1. The SMILES string of the molecule is C[C@H]1CCC=C2C[C@H]3OC(=O)[C@@H](CN4CCN(c5ccccc5)CC4)[C@H]3[C@@H](O)[C@@]21C. The second-order valence-electron chi connectivity index (χ2n) is 9.92. The highest BCUT2D eigenvalue weighted by Gasteiger charge is 2.59. The van der Waals surface area contributed by atoms with Gasteiger partial charge in [-0.3, -0.25) is 9.69 Å². The number of carbonyl (C=O) groups is 1. The van der Waals surface area contributed by atoms with Gasteiger partial charge in [-0.1, -0.05) is 43.7 Å². The third-order valence-electron chi connectivity index (χ3n) is 8.52. The van der Waals surface area contributed by atoms with Crippen LogP contribution in [0.5, 0.6) is 0 Å². The molecule has 6 atom stereocenters. The number of anilines is 1. The van der Waals surface area contributed by atoms with Crippen LogP contribution in [0.15, 0.2) is 42.0 Å². The molecule has 1 saturated carbocycles. The average Bonchev–Trinajstić information content (AvgIpc) is 3.07. The maximum Gasteiger partial charge on any atom is 0.311 e. The molecule has 5 nitrogen and oxygen atoms in total. The first kappa shape index (κ1) is 20.1. The first-order valence-electron chi connectivity index (χ1n) is 11.6. The van der Waals surface area contributed by atoms with E-state index in [1.165, 1.54) is 11.3 Å². The quantitative estimate of drug-likeness (QED) is 0.613. The normalized spacial score (nSPS) is 39.2. The van der Waals surface area contributed by atoms with Crippen LogP contribution in [0.1, 0.15) is 33.1 Å². The molecule has 2 aliphatic carbocycles. The zero-order valence-corrected chi connectivity index (χ0v) is 18.2. The van der Waals surface area contributed by atoms with Crippen LogP contribution in [0.25, 0.3) is 0 Å². The minimum Gasteiger partial charge on any atom is -0.461 e. The van der Waals surface area contributed by atoms with Crippen LogP contribution in [-0.2, 0) is 9.53 Å². The molecule has 2 saturated heterocycles. The Morgan fingerprint density at radius 3 is 2.63 bits per heavy atom. The van der Waals surface area contributed by atoms with Crippen LogP contribution in [0, 0.1) is 23.2 Å². The number of benzene rings is 1.